The number of hydrogen-bond acceptors (Lipinski definition) is 7. The lowest BCUT2D eigenvalue weighted by Crippen LogP contribution is -2.00. The van der Waals surface area contributed by atoms with Crippen LogP contribution in [0.3, 0.4) is 0 Å². The maximum atomic E-state index is 11.8. The Balaban J connectivity index is 1.57. The summed E-state index contributed by atoms with van der Waals surface area (Å²) in [5, 5.41) is 19.7. The molecule has 2 aromatic carbocycles. The second-order valence-electron chi connectivity index (χ2n) is 5.73. The second kappa shape index (κ2) is 5.86. The van der Waals surface area contributed by atoms with E-state index in [9.17, 15) is 9.90 Å². The topological polar surface area (TPSA) is 80.6 Å². The third kappa shape index (κ3) is 2.46. The fraction of sp³-hybridized carbons (Fsp3) is 0.0556. The Bertz CT molecular complexity index is 1340. The molecule has 5 rings (SSSR count). The molecule has 0 saturated heterocycles. The number of nitrogens with zero attached hydrogens (tertiary/aromatic N) is 3. The van der Waals surface area contributed by atoms with Gasteiger partial charge < -0.3 is 9.52 Å². The molecule has 0 fully saturated rings. The molecule has 1 N–H and O–H groups in total. The standard InChI is InChI=1S/C18H11N3O3S2/c22-11-5-6-12-10(7-16(23)24-14(12)8-11)9-25-17-19-20-18-21(17)13-3-1-2-4-15(13)26-18/h1-8,22H,9H2. The maximum Gasteiger partial charge on any atom is 0.336 e. The van der Waals surface area contributed by atoms with Crippen LogP contribution in [0.2, 0.25) is 0 Å². The van der Waals surface area contributed by atoms with Gasteiger partial charge in [0, 0.05) is 23.3 Å². The van der Waals surface area contributed by atoms with Crippen LogP contribution in [0.1, 0.15) is 5.56 Å². The second-order valence-corrected chi connectivity index (χ2v) is 7.68. The number of rotatable bonds is 3. The van der Waals surface area contributed by atoms with Crippen LogP contribution in [0.15, 0.2) is 62.9 Å². The van der Waals surface area contributed by atoms with Gasteiger partial charge in [0.1, 0.15) is 11.3 Å². The van der Waals surface area contributed by atoms with Crippen molar-refractivity contribution in [2.75, 3.05) is 0 Å². The van der Waals surface area contributed by atoms with Crippen molar-refractivity contribution in [1.82, 2.24) is 14.6 Å². The minimum absolute atomic E-state index is 0.0642. The van der Waals surface area contributed by atoms with Gasteiger partial charge in [0.2, 0.25) is 4.96 Å². The zero-order chi connectivity index (χ0) is 17.7. The average Bonchev–Trinajstić information content (AvgIpc) is 3.18. The Morgan fingerprint density at radius 2 is 2.04 bits per heavy atom. The summed E-state index contributed by atoms with van der Waals surface area (Å²) in [6.07, 6.45) is 0. The van der Waals surface area contributed by atoms with Gasteiger partial charge in [-0.05, 0) is 29.8 Å². The molecule has 0 aliphatic rings. The van der Waals surface area contributed by atoms with Gasteiger partial charge in [-0.25, -0.2) is 4.79 Å². The zero-order valence-electron chi connectivity index (χ0n) is 13.2. The lowest BCUT2D eigenvalue weighted by Gasteiger charge is -2.05. The number of para-hydroxylation sites is 1. The van der Waals surface area contributed by atoms with Gasteiger partial charge in [0.15, 0.2) is 5.16 Å². The Hall–Kier alpha value is -2.84. The third-order valence-corrected chi connectivity index (χ3v) is 6.07. The molecule has 128 valence electrons. The van der Waals surface area contributed by atoms with Crippen molar-refractivity contribution >= 4 is 49.2 Å². The molecule has 0 bridgehead atoms. The SMILES string of the molecule is O=c1cc(CSc2nnc3sc4ccccc4n23)c2ccc(O)cc2o1. The van der Waals surface area contributed by atoms with Gasteiger partial charge >= 0.3 is 5.63 Å². The average molecular weight is 381 g/mol. The first-order chi connectivity index (χ1) is 12.7. The molecule has 5 aromatic rings. The van der Waals surface area contributed by atoms with Gasteiger partial charge in [0.25, 0.3) is 0 Å². The number of phenolic OH excluding ortho intramolecular Hbond substituents is 1. The van der Waals surface area contributed by atoms with Crippen LogP contribution >= 0.6 is 23.1 Å². The van der Waals surface area contributed by atoms with Crippen molar-refractivity contribution in [2.45, 2.75) is 10.9 Å². The Morgan fingerprint density at radius 1 is 1.15 bits per heavy atom. The number of benzene rings is 2. The van der Waals surface area contributed by atoms with E-state index in [1.165, 1.54) is 23.9 Å². The van der Waals surface area contributed by atoms with Gasteiger partial charge in [0.05, 0.1) is 10.2 Å². The summed E-state index contributed by atoms with van der Waals surface area (Å²) in [6, 6.07) is 14.4. The minimum atomic E-state index is -0.439. The molecule has 0 amide bonds. The number of hydrogen-bond donors (Lipinski definition) is 1. The van der Waals surface area contributed by atoms with Gasteiger partial charge in [-0.1, -0.05) is 35.2 Å². The van der Waals surface area contributed by atoms with E-state index < -0.39 is 5.63 Å². The van der Waals surface area contributed by atoms with Crippen LogP contribution in [0.4, 0.5) is 0 Å². The number of fused-ring (bicyclic) bond motifs is 4. The highest BCUT2D eigenvalue weighted by Crippen LogP contribution is 2.32. The first kappa shape index (κ1) is 15.4. The highest BCUT2D eigenvalue weighted by atomic mass is 32.2. The molecule has 8 heteroatoms. The van der Waals surface area contributed by atoms with Crippen molar-refractivity contribution in [2.24, 2.45) is 0 Å². The number of phenols is 1. The van der Waals surface area contributed by atoms with E-state index >= 15 is 0 Å². The Labute approximate surface area is 154 Å². The van der Waals surface area contributed by atoms with E-state index in [2.05, 4.69) is 16.3 Å². The van der Waals surface area contributed by atoms with E-state index in [0.29, 0.717) is 11.3 Å². The molecule has 0 radical (unpaired) electrons. The maximum absolute atomic E-state index is 11.8. The van der Waals surface area contributed by atoms with Crippen molar-refractivity contribution < 1.29 is 9.52 Å². The highest BCUT2D eigenvalue weighted by molar-refractivity contribution is 7.98. The summed E-state index contributed by atoms with van der Waals surface area (Å²) in [4.78, 5) is 12.7. The normalized spacial score (nSPS) is 11.7. The van der Waals surface area contributed by atoms with Crippen molar-refractivity contribution in [3.8, 4) is 5.75 Å². The molecule has 3 heterocycles. The quantitative estimate of drug-likeness (QED) is 0.375. The van der Waals surface area contributed by atoms with Crippen molar-refractivity contribution in [3.05, 3.63) is 64.5 Å². The van der Waals surface area contributed by atoms with Crippen LogP contribution in [-0.4, -0.2) is 19.7 Å². The summed E-state index contributed by atoms with van der Waals surface area (Å²) in [5.41, 5.74) is 1.84. The fourth-order valence-electron chi connectivity index (χ4n) is 2.93. The Morgan fingerprint density at radius 3 is 2.96 bits per heavy atom. The fourth-order valence-corrected chi connectivity index (χ4v) is 4.89. The minimum Gasteiger partial charge on any atom is -0.508 e. The van der Waals surface area contributed by atoms with Crippen LogP contribution in [0.25, 0.3) is 26.1 Å². The molecular formula is C18H11N3O3S2. The number of aromatic hydroxyl groups is 1. The zero-order valence-corrected chi connectivity index (χ0v) is 14.9. The van der Waals surface area contributed by atoms with Gasteiger partial charge in [-0.15, -0.1) is 10.2 Å². The van der Waals surface area contributed by atoms with E-state index in [-0.39, 0.29) is 5.75 Å². The molecular weight excluding hydrogens is 370 g/mol. The highest BCUT2D eigenvalue weighted by Gasteiger charge is 2.14. The van der Waals surface area contributed by atoms with Crippen molar-refractivity contribution in [3.63, 3.8) is 0 Å². The monoisotopic (exact) mass is 381 g/mol. The predicted molar refractivity (Wildman–Crippen MR) is 102 cm³/mol. The first-order valence-corrected chi connectivity index (χ1v) is 9.60. The van der Waals surface area contributed by atoms with E-state index in [1.54, 1.807) is 23.5 Å². The molecule has 26 heavy (non-hydrogen) atoms. The van der Waals surface area contributed by atoms with Gasteiger partial charge in [-0.3, -0.25) is 4.40 Å². The molecule has 0 unspecified atom stereocenters. The number of thiazole rings is 1. The van der Waals surface area contributed by atoms with Gasteiger partial charge in [-0.2, -0.15) is 0 Å². The first-order valence-electron chi connectivity index (χ1n) is 7.80. The Kier molecular flexibility index (Phi) is 3.47. The molecule has 0 aliphatic heterocycles. The van der Waals surface area contributed by atoms with E-state index in [0.717, 1.165) is 31.3 Å². The van der Waals surface area contributed by atoms with Crippen LogP contribution in [-0.2, 0) is 5.75 Å². The molecule has 0 aliphatic carbocycles. The largest absolute Gasteiger partial charge is 0.508 e. The molecule has 0 atom stereocenters. The van der Waals surface area contributed by atoms with Crippen LogP contribution < -0.4 is 5.63 Å². The summed E-state index contributed by atoms with van der Waals surface area (Å²) in [7, 11) is 0. The smallest absolute Gasteiger partial charge is 0.336 e. The number of aromatic nitrogens is 3. The summed E-state index contributed by atoms with van der Waals surface area (Å²) in [6.45, 7) is 0. The molecule has 0 saturated carbocycles. The molecule has 3 aromatic heterocycles. The summed E-state index contributed by atoms with van der Waals surface area (Å²) >= 11 is 3.10. The third-order valence-electron chi connectivity index (χ3n) is 4.08. The lowest BCUT2D eigenvalue weighted by atomic mass is 10.1. The van der Waals surface area contributed by atoms with Crippen LogP contribution in [0, 0.1) is 0 Å². The number of thioether (sulfide) groups is 1. The summed E-state index contributed by atoms with van der Waals surface area (Å²) < 4.78 is 8.36. The lowest BCUT2D eigenvalue weighted by molar-refractivity contribution is 0.473. The van der Waals surface area contributed by atoms with Crippen LogP contribution in [0.5, 0.6) is 5.75 Å². The molecule has 0 spiro atoms. The van der Waals surface area contributed by atoms with Crippen molar-refractivity contribution in [1.29, 1.82) is 0 Å². The summed E-state index contributed by atoms with van der Waals surface area (Å²) in [5.74, 6) is 0.604. The van der Waals surface area contributed by atoms with E-state index in [1.807, 2.05) is 22.6 Å². The van der Waals surface area contributed by atoms with E-state index in [4.69, 9.17) is 4.42 Å². The molecule has 6 nitrogen and oxygen atoms in total. The predicted octanol–water partition coefficient (Wildman–Crippen LogP) is 4.05.